The molecular formula is C12H14Cl4N4O2. The van der Waals surface area contributed by atoms with Gasteiger partial charge in [0.1, 0.15) is 5.02 Å². The first-order valence-electron chi connectivity index (χ1n) is 4.84. The Bertz CT molecular complexity index is 600. The number of aromatic nitrogens is 2. The van der Waals surface area contributed by atoms with Crippen molar-refractivity contribution >= 4 is 57.8 Å². The Hall–Kier alpha value is -1.34. The summed E-state index contributed by atoms with van der Waals surface area (Å²) < 4.78 is 0. The summed E-state index contributed by atoms with van der Waals surface area (Å²) in [5, 5.41) is 10.7. The summed E-state index contributed by atoms with van der Waals surface area (Å²) in [4.78, 5) is 16.8. The normalized spacial score (nSPS) is 8.73. The zero-order chi connectivity index (χ0) is 15.3. The lowest BCUT2D eigenvalue weighted by atomic mass is 10.4. The predicted molar refractivity (Wildman–Crippen MR) is 93.0 cm³/mol. The molecule has 0 unspecified atom stereocenters. The molecule has 0 fully saturated rings. The van der Waals surface area contributed by atoms with E-state index in [2.05, 4.69) is 9.97 Å². The van der Waals surface area contributed by atoms with Crippen LogP contribution >= 0.6 is 46.4 Å². The Morgan fingerprint density at radius 3 is 1.73 bits per heavy atom. The smallest absolute Gasteiger partial charge is 0.324 e. The van der Waals surface area contributed by atoms with Crippen LogP contribution in [0.3, 0.4) is 0 Å². The van der Waals surface area contributed by atoms with Crippen molar-refractivity contribution in [2.24, 2.45) is 0 Å². The molecule has 0 aromatic carbocycles. The molecule has 2 N–H and O–H groups in total. The van der Waals surface area contributed by atoms with Gasteiger partial charge in [-0.15, -0.1) is 0 Å². The summed E-state index contributed by atoms with van der Waals surface area (Å²) in [7, 11) is 0. The van der Waals surface area contributed by atoms with Gasteiger partial charge in [-0.1, -0.05) is 61.3 Å². The van der Waals surface area contributed by atoms with Gasteiger partial charge in [0.05, 0.1) is 15.6 Å². The summed E-state index contributed by atoms with van der Waals surface area (Å²) in [5.74, 6) is 0. The number of pyridine rings is 2. The number of nitrogen functional groups attached to an aromatic ring is 1. The fourth-order valence-electron chi connectivity index (χ4n) is 0.995. The van der Waals surface area contributed by atoms with Crippen LogP contribution in [0.5, 0.6) is 0 Å². The first-order chi connectivity index (χ1) is 9.34. The molecule has 10 heteroatoms. The molecule has 0 aliphatic heterocycles. The van der Waals surface area contributed by atoms with Gasteiger partial charge in [-0.3, -0.25) is 10.1 Å². The molecule has 6 nitrogen and oxygen atoms in total. The molecule has 22 heavy (non-hydrogen) atoms. The number of halogens is 4. The van der Waals surface area contributed by atoms with Gasteiger partial charge in [0.15, 0.2) is 5.15 Å². The van der Waals surface area contributed by atoms with Crippen molar-refractivity contribution in [3.05, 3.63) is 55.0 Å². The Labute approximate surface area is 148 Å². The highest BCUT2D eigenvalue weighted by atomic mass is 35.5. The average molecular weight is 388 g/mol. The van der Waals surface area contributed by atoms with Crippen LogP contribution in [-0.2, 0) is 0 Å². The molecule has 0 radical (unpaired) electrons. The quantitative estimate of drug-likeness (QED) is 0.393. The number of anilines is 1. The third-order valence-electron chi connectivity index (χ3n) is 1.90. The maximum Gasteiger partial charge on any atom is 0.324 e. The maximum atomic E-state index is 10.2. The van der Waals surface area contributed by atoms with E-state index in [1.165, 1.54) is 18.5 Å². The fraction of sp³-hybridized carbons (Fsp3) is 0.167. The molecule has 0 aliphatic carbocycles. The van der Waals surface area contributed by atoms with E-state index in [4.69, 9.17) is 52.1 Å². The van der Waals surface area contributed by atoms with E-state index < -0.39 is 4.92 Å². The molecule has 0 saturated carbocycles. The van der Waals surface area contributed by atoms with Crippen LogP contribution in [0.15, 0.2) is 24.5 Å². The lowest BCUT2D eigenvalue weighted by molar-refractivity contribution is -0.384. The topological polar surface area (TPSA) is 94.9 Å². The molecule has 122 valence electrons. The molecule has 2 heterocycles. The number of nitro groups is 1. The number of nitrogens with two attached hydrogens (primary N) is 1. The Morgan fingerprint density at radius 1 is 0.955 bits per heavy atom. The van der Waals surface area contributed by atoms with E-state index in [0.717, 1.165) is 0 Å². The minimum atomic E-state index is -0.669. The summed E-state index contributed by atoms with van der Waals surface area (Å²) in [6.07, 6.45) is 2.80. The molecule has 0 spiro atoms. The number of nitrogens with zero attached hydrogens (tertiary/aromatic N) is 3. The van der Waals surface area contributed by atoms with Crippen LogP contribution < -0.4 is 5.73 Å². The Balaban J connectivity index is 0. The second-order valence-corrected chi connectivity index (χ2v) is 4.72. The lowest BCUT2D eigenvalue weighted by Gasteiger charge is -1.95. The van der Waals surface area contributed by atoms with E-state index >= 15 is 0 Å². The predicted octanol–water partition coefficient (Wildman–Crippen LogP) is 5.54. The molecule has 2 rings (SSSR count). The van der Waals surface area contributed by atoms with Crippen molar-refractivity contribution in [2.75, 3.05) is 5.73 Å². The highest BCUT2D eigenvalue weighted by molar-refractivity contribution is 6.38. The highest BCUT2D eigenvalue weighted by Crippen LogP contribution is 2.29. The van der Waals surface area contributed by atoms with Crippen LogP contribution in [0.4, 0.5) is 11.4 Å². The Kier molecular flexibility index (Phi) is 10.8. The summed E-state index contributed by atoms with van der Waals surface area (Å²) in [5.41, 5.74) is 5.34. The molecule has 2 aromatic heterocycles. The third-order valence-corrected chi connectivity index (χ3v) is 3.11. The monoisotopic (exact) mass is 386 g/mol. The number of rotatable bonds is 1. The average Bonchev–Trinajstić information content (AvgIpc) is 2.36. The maximum absolute atomic E-state index is 10.2. The lowest BCUT2D eigenvalue weighted by Crippen LogP contribution is -1.91. The van der Waals surface area contributed by atoms with Gasteiger partial charge < -0.3 is 5.73 Å². The molecule has 0 saturated heterocycles. The van der Waals surface area contributed by atoms with Crippen molar-refractivity contribution < 1.29 is 4.92 Å². The zero-order valence-corrected chi connectivity index (χ0v) is 12.6. The summed E-state index contributed by atoms with van der Waals surface area (Å²) in [6, 6.07) is 2.90. The second kappa shape index (κ2) is 10.4. The summed E-state index contributed by atoms with van der Waals surface area (Å²) in [6.45, 7) is 0. The van der Waals surface area contributed by atoms with Crippen LogP contribution in [0.2, 0.25) is 20.4 Å². The van der Waals surface area contributed by atoms with Gasteiger partial charge in [-0.2, -0.15) is 0 Å². The standard InChI is InChI=1S/C5H2Cl2N2O2.C5H4Cl2N2.2CH4/c6-3-1-2-8-5(7)4(3)9(10)11;6-3-1-2-9-5(7)4(3)8;;/h1-2H;1-2H,8H2;2*1H4. The van der Waals surface area contributed by atoms with Gasteiger partial charge in [0.25, 0.3) is 0 Å². The minimum Gasteiger partial charge on any atom is -0.395 e. The van der Waals surface area contributed by atoms with Crippen LogP contribution in [-0.4, -0.2) is 14.9 Å². The molecule has 0 atom stereocenters. The first-order valence-corrected chi connectivity index (χ1v) is 6.35. The van der Waals surface area contributed by atoms with Crippen LogP contribution in [0.1, 0.15) is 14.9 Å². The first kappa shape index (κ1) is 22.9. The third kappa shape index (κ3) is 6.19. The minimum absolute atomic E-state index is 0. The van der Waals surface area contributed by atoms with Gasteiger partial charge in [0.2, 0.25) is 5.15 Å². The molecule has 0 aliphatic rings. The molecule has 0 bridgehead atoms. The van der Waals surface area contributed by atoms with Crippen LogP contribution in [0.25, 0.3) is 0 Å². The molecule has 2 aromatic rings. The van der Waals surface area contributed by atoms with E-state index in [9.17, 15) is 10.1 Å². The van der Waals surface area contributed by atoms with Crippen molar-refractivity contribution in [1.29, 1.82) is 0 Å². The SMILES string of the molecule is C.C.Nc1c(Cl)ccnc1Cl.O=[N+]([O-])c1c(Cl)ccnc1Cl. The molecule has 0 amide bonds. The van der Waals surface area contributed by atoms with Crippen molar-refractivity contribution in [3.63, 3.8) is 0 Å². The number of hydrogen-bond acceptors (Lipinski definition) is 5. The second-order valence-electron chi connectivity index (χ2n) is 3.19. The molecular weight excluding hydrogens is 374 g/mol. The van der Waals surface area contributed by atoms with Gasteiger partial charge in [-0.25, -0.2) is 9.97 Å². The fourth-order valence-corrected chi connectivity index (χ4v) is 1.84. The highest BCUT2D eigenvalue weighted by Gasteiger charge is 2.17. The van der Waals surface area contributed by atoms with E-state index in [0.29, 0.717) is 10.7 Å². The summed E-state index contributed by atoms with van der Waals surface area (Å²) >= 11 is 21.9. The van der Waals surface area contributed by atoms with Crippen molar-refractivity contribution in [2.45, 2.75) is 14.9 Å². The Morgan fingerprint density at radius 2 is 1.41 bits per heavy atom. The zero-order valence-electron chi connectivity index (χ0n) is 9.56. The van der Waals surface area contributed by atoms with Gasteiger partial charge in [0, 0.05) is 12.4 Å². The number of hydrogen-bond donors (Lipinski definition) is 1. The van der Waals surface area contributed by atoms with E-state index in [-0.39, 0.29) is 35.9 Å². The van der Waals surface area contributed by atoms with E-state index in [1.807, 2.05) is 0 Å². The van der Waals surface area contributed by atoms with Crippen molar-refractivity contribution in [1.82, 2.24) is 9.97 Å². The van der Waals surface area contributed by atoms with E-state index in [1.54, 1.807) is 6.07 Å². The largest absolute Gasteiger partial charge is 0.395 e. The van der Waals surface area contributed by atoms with Crippen LogP contribution in [0, 0.1) is 10.1 Å². The van der Waals surface area contributed by atoms with Gasteiger partial charge >= 0.3 is 5.69 Å². The van der Waals surface area contributed by atoms with Gasteiger partial charge in [-0.05, 0) is 12.1 Å². The van der Waals surface area contributed by atoms with Crippen molar-refractivity contribution in [3.8, 4) is 0 Å².